The number of nitrogens with one attached hydrogen (secondary N) is 1. The van der Waals surface area contributed by atoms with E-state index in [-0.39, 0.29) is 5.56 Å². The standard InChI is InChI=1S/C12H17F2NOS/c1-8(15-17(16)12(2,3)4)9-6-5-7-10(13)11(9)14/h5-8,15H,1-4H3/t8-,17?/m1/s1. The second-order valence-corrected chi connectivity index (χ2v) is 6.86. The van der Waals surface area contributed by atoms with Gasteiger partial charge >= 0.3 is 0 Å². The molecule has 96 valence electrons. The Hall–Kier alpha value is -0.650. The van der Waals surface area contributed by atoms with E-state index in [2.05, 4.69) is 4.72 Å². The molecule has 0 heterocycles. The lowest BCUT2D eigenvalue weighted by atomic mass is 10.1. The molecule has 2 nitrogen and oxygen atoms in total. The molecule has 1 rings (SSSR count). The van der Waals surface area contributed by atoms with E-state index < -0.39 is 33.8 Å². The number of hydrogen-bond acceptors (Lipinski definition) is 2. The summed E-state index contributed by atoms with van der Waals surface area (Å²) in [5.41, 5.74) is 0.183. The van der Waals surface area contributed by atoms with Crippen LogP contribution >= 0.6 is 0 Å². The summed E-state index contributed by atoms with van der Waals surface area (Å²) in [4.78, 5) is 0. The van der Waals surface area contributed by atoms with Gasteiger partial charge in [-0.15, -0.1) is 4.72 Å². The molecule has 0 bridgehead atoms. The second-order valence-electron chi connectivity index (χ2n) is 4.86. The predicted molar refractivity (Wildman–Crippen MR) is 65.8 cm³/mol. The van der Waals surface area contributed by atoms with E-state index in [1.165, 1.54) is 12.1 Å². The first kappa shape index (κ1) is 14.4. The molecule has 17 heavy (non-hydrogen) atoms. The van der Waals surface area contributed by atoms with Crippen LogP contribution in [-0.2, 0) is 11.4 Å². The van der Waals surface area contributed by atoms with Crippen LogP contribution in [0.15, 0.2) is 18.2 Å². The van der Waals surface area contributed by atoms with Gasteiger partial charge in [-0.3, -0.25) is 0 Å². The predicted octanol–water partition coefficient (Wildman–Crippen LogP) is 3.08. The summed E-state index contributed by atoms with van der Waals surface area (Å²) in [7, 11) is 0. The van der Waals surface area contributed by atoms with Gasteiger partial charge in [-0.25, -0.2) is 8.78 Å². The molecule has 1 unspecified atom stereocenters. The zero-order chi connectivity index (χ0) is 13.2. The van der Waals surface area contributed by atoms with Crippen LogP contribution in [0.1, 0.15) is 39.3 Å². The molecule has 0 spiro atoms. The van der Waals surface area contributed by atoms with E-state index >= 15 is 0 Å². The van der Waals surface area contributed by atoms with Crippen molar-refractivity contribution in [1.29, 1.82) is 0 Å². The van der Waals surface area contributed by atoms with Crippen LogP contribution < -0.4 is 4.72 Å². The Morgan fingerprint density at radius 3 is 2.41 bits per heavy atom. The third-order valence-corrected chi connectivity index (χ3v) is 3.97. The Morgan fingerprint density at radius 2 is 1.88 bits per heavy atom. The van der Waals surface area contributed by atoms with Crippen LogP contribution in [0.5, 0.6) is 0 Å². The fraction of sp³-hybridized carbons (Fsp3) is 0.500. The molecule has 0 aliphatic carbocycles. The average Bonchev–Trinajstić information content (AvgIpc) is 2.20. The van der Waals surface area contributed by atoms with Crippen molar-refractivity contribution in [1.82, 2.24) is 4.72 Å². The van der Waals surface area contributed by atoms with Crippen LogP contribution in [-0.4, -0.2) is 9.30 Å². The zero-order valence-corrected chi connectivity index (χ0v) is 11.2. The quantitative estimate of drug-likeness (QED) is 0.849. The molecule has 0 aliphatic rings. The van der Waals surface area contributed by atoms with Gasteiger partial charge < -0.3 is 4.55 Å². The minimum absolute atomic E-state index is 0.183. The first-order chi connectivity index (χ1) is 7.73. The number of benzene rings is 1. The Labute approximate surface area is 104 Å². The largest absolute Gasteiger partial charge is 0.598 e. The van der Waals surface area contributed by atoms with Gasteiger partial charge in [0.25, 0.3) is 0 Å². The Kier molecular flexibility index (Phi) is 4.52. The van der Waals surface area contributed by atoms with Gasteiger partial charge in [0.15, 0.2) is 11.6 Å². The number of hydrogen-bond donors (Lipinski definition) is 1. The summed E-state index contributed by atoms with van der Waals surface area (Å²) >= 11 is -1.32. The van der Waals surface area contributed by atoms with Gasteiger partial charge in [-0.2, -0.15) is 0 Å². The topological polar surface area (TPSA) is 35.1 Å². The molecule has 0 amide bonds. The van der Waals surface area contributed by atoms with E-state index in [4.69, 9.17) is 0 Å². The van der Waals surface area contributed by atoms with Crippen molar-refractivity contribution < 1.29 is 13.3 Å². The molecule has 5 heteroatoms. The minimum atomic E-state index is -1.32. The van der Waals surface area contributed by atoms with Gasteiger partial charge in [0.05, 0.1) is 6.04 Å². The lowest BCUT2D eigenvalue weighted by molar-refractivity contribution is 0.482. The maximum absolute atomic E-state index is 13.5. The number of rotatable bonds is 3. The minimum Gasteiger partial charge on any atom is -0.598 e. The molecule has 0 saturated carbocycles. The van der Waals surface area contributed by atoms with Crippen molar-refractivity contribution in [3.8, 4) is 0 Å². The Bertz CT molecular complexity index is 393. The van der Waals surface area contributed by atoms with Gasteiger partial charge in [0, 0.05) is 16.9 Å². The van der Waals surface area contributed by atoms with E-state index in [1.807, 2.05) is 20.8 Å². The van der Waals surface area contributed by atoms with Gasteiger partial charge in [-0.05, 0) is 33.8 Å². The molecule has 0 aromatic heterocycles. The molecule has 0 radical (unpaired) electrons. The summed E-state index contributed by atoms with van der Waals surface area (Å²) in [5, 5.41) is 0. The summed E-state index contributed by atoms with van der Waals surface area (Å²) < 4.78 is 40.7. The van der Waals surface area contributed by atoms with Crippen LogP contribution in [0, 0.1) is 11.6 Å². The maximum Gasteiger partial charge on any atom is 0.163 e. The average molecular weight is 261 g/mol. The lowest BCUT2D eigenvalue weighted by Gasteiger charge is -2.26. The molecule has 1 N–H and O–H groups in total. The van der Waals surface area contributed by atoms with Crippen molar-refractivity contribution in [3.05, 3.63) is 35.4 Å². The highest BCUT2D eigenvalue weighted by Crippen LogP contribution is 2.22. The van der Waals surface area contributed by atoms with Crippen molar-refractivity contribution in [2.24, 2.45) is 0 Å². The molecule has 1 aromatic rings. The second kappa shape index (κ2) is 5.33. The van der Waals surface area contributed by atoms with E-state index in [0.29, 0.717) is 0 Å². The van der Waals surface area contributed by atoms with Crippen LogP contribution in [0.25, 0.3) is 0 Å². The molecule has 2 atom stereocenters. The van der Waals surface area contributed by atoms with Crippen LogP contribution in [0.4, 0.5) is 8.78 Å². The highest BCUT2D eigenvalue weighted by Gasteiger charge is 2.29. The highest BCUT2D eigenvalue weighted by atomic mass is 32.2. The highest BCUT2D eigenvalue weighted by molar-refractivity contribution is 7.90. The summed E-state index contributed by atoms with van der Waals surface area (Å²) in [6.07, 6.45) is 0. The number of halogens is 2. The molecular weight excluding hydrogens is 244 g/mol. The maximum atomic E-state index is 13.5. The molecular formula is C12H17F2NOS. The molecule has 0 fully saturated rings. The van der Waals surface area contributed by atoms with Gasteiger partial charge in [-0.1, -0.05) is 12.1 Å². The summed E-state index contributed by atoms with van der Waals surface area (Å²) in [6.45, 7) is 7.09. The molecule has 0 saturated heterocycles. The van der Waals surface area contributed by atoms with E-state index in [1.54, 1.807) is 6.92 Å². The van der Waals surface area contributed by atoms with Gasteiger partial charge in [0.1, 0.15) is 4.75 Å². The molecule has 1 aromatic carbocycles. The first-order valence-corrected chi connectivity index (χ1v) is 6.50. The van der Waals surface area contributed by atoms with Crippen molar-refractivity contribution in [3.63, 3.8) is 0 Å². The van der Waals surface area contributed by atoms with E-state index in [0.717, 1.165) is 6.07 Å². The van der Waals surface area contributed by atoms with E-state index in [9.17, 15) is 13.3 Å². The summed E-state index contributed by atoms with van der Waals surface area (Å²) in [6, 6.07) is 3.47. The Morgan fingerprint density at radius 1 is 1.29 bits per heavy atom. The SMILES string of the molecule is C[C@@H](N[S+]([O-])C(C)(C)C)c1cccc(F)c1F. The smallest absolute Gasteiger partial charge is 0.163 e. The van der Waals surface area contributed by atoms with Crippen LogP contribution in [0.3, 0.4) is 0 Å². The fourth-order valence-electron chi connectivity index (χ4n) is 1.26. The third-order valence-electron chi connectivity index (χ3n) is 2.29. The fourth-order valence-corrected chi connectivity index (χ4v) is 2.06. The van der Waals surface area contributed by atoms with Crippen molar-refractivity contribution in [2.45, 2.75) is 38.5 Å². The summed E-state index contributed by atoms with van der Waals surface area (Å²) in [5.74, 6) is -1.78. The monoisotopic (exact) mass is 261 g/mol. The lowest BCUT2D eigenvalue weighted by Crippen LogP contribution is -2.40. The normalized spacial score (nSPS) is 15.7. The zero-order valence-electron chi connectivity index (χ0n) is 10.4. The van der Waals surface area contributed by atoms with Crippen molar-refractivity contribution in [2.75, 3.05) is 0 Å². The van der Waals surface area contributed by atoms with Crippen molar-refractivity contribution >= 4 is 11.4 Å². The Balaban J connectivity index is 2.84. The third kappa shape index (κ3) is 3.66. The van der Waals surface area contributed by atoms with Crippen LogP contribution in [0.2, 0.25) is 0 Å². The first-order valence-electron chi connectivity index (χ1n) is 5.35. The molecule has 0 aliphatic heterocycles. The van der Waals surface area contributed by atoms with Gasteiger partial charge in [0.2, 0.25) is 0 Å².